The molecule has 8 nitrogen and oxygen atoms in total. The maximum Gasteiger partial charge on any atom is 0.345 e. The smallest absolute Gasteiger partial charge is 0.345 e. The highest BCUT2D eigenvalue weighted by Gasteiger charge is 2.12. The van der Waals surface area contributed by atoms with E-state index in [2.05, 4.69) is 10.3 Å². The van der Waals surface area contributed by atoms with Gasteiger partial charge in [-0.3, -0.25) is 20.2 Å². The number of nitro groups is 1. The molecule has 0 aliphatic carbocycles. The van der Waals surface area contributed by atoms with E-state index in [1.807, 2.05) is 0 Å². The van der Waals surface area contributed by atoms with E-state index < -0.39 is 10.8 Å². The molecule has 0 saturated heterocycles. The minimum Gasteiger partial charge on any atom is -0.493 e. The second-order valence-electron chi connectivity index (χ2n) is 4.20. The number of amides is 1. The molecular formula is C14H13N3O5S. The molecule has 0 unspecified atom stereocenters. The van der Waals surface area contributed by atoms with Crippen LogP contribution >= 0.6 is 11.3 Å². The summed E-state index contributed by atoms with van der Waals surface area (Å²) < 4.78 is 10.3. The highest BCUT2D eigenvalue weighted by molar-refractivity contribution is 7.18. The van der Waals surface area contributed by atoms with Crippen molar-refractivity contribution in [2.24, 2.45) is 0 Å². The Labute approximate surface area is 135 Å². The van der Waals surface area contributed by atoms with Crippen LogP contribution in [0.5, 0.6) is 11.5 Å². The van der Waals surface area contributed by atoms with Crippen LogP contribution < -0.4 is 14.8 Å². The first kappa shape index (κ1) is 16.4. The summed E-state index contributed by atoms with van der Waals surface area (Å²) in [5.74, 6) is 0.693. The van der Waals surface area contributed by atoms with Gasteiger partial charge in [-0.15, -0.1) is 0 Å². The zero-order chi connectivity index (χ0) is 16.8. The molecule has 1 heterocycles. The zero-order valence-corrected chi connectivity index (χ0v) is 13.1. The van der Waals surface area contributed by atoms with E-state index in [9.17, 15) is 14.9 Å². The maximum atomic E-state index is 11.8. The monoisotopic (exact) mass is 335 g/mol. The summed E-state index contributed by atoms with van der Waals surface area (Å²) in [5, 5.41) is 13.0. The number of hydrogen-bond donors (Lipinski definition) is 1. The number of methoxy groups -OCH3 is 2. The first-order valence-electron chi connectivity index (χ1n) is 6.35. The molecule has 0 fully saturated rings. The molecule has 1 aromatic carbocycles. The van der Waals surface area contributed by atoms with Crippen LogP contribution in [0.25, 0.3) is 6.08 Å². The van der Waals surface area contributed by atoms with Crippen LogP contribution in [0, 0.1) is 10.1 Å². The molecule has 9 heteroatoms. The van der Waals surface area contributed by atoms with Gasteiger partial charge in [0, 0.05) is 6.08 Å². The van der Waals surface area contributed by atoms with Crippen LogP contribution in [-0.4, -0.2) is 30.0 Å². The number of anilines is 1. The number of nitrogens with one attached hydrogen (secondary N) is 1. The van der Waals surface area contributed by atoms with Gasteiger partial charge in [0.2, 0.25) is 5.91 Å². The van der Waals surface area contributed by atoms with Crippen molar-refractivity contribution in [2.45, 2.75) is 0 Å². The molecule has 2 rings (SSSR count). The number of benzene rings is 1. The predicted molar refractivity (Wildman–Crippen MR) is 86.0 cm³/mol. The van der Waals surface area contributed by atoms with Crippen LogP contribution in [0.2, 0.25) is 0 Å². The Kier molecular flexibility index (Phi) is 5.26. The molecule has 0 aliphatic rings. The lowest BCUT2D eigenvalue weighted by Crippen LogP contribution is -2.07. The number of hydrogen-bond acceptors (Lipinski definition) is 7. The van der Waals surface area contributed by atoms with Crippen molar-refractivity contribution in [3.8, 4) is 11.5 Å². The summed E-state index contributed by atoms with van der Waals surface area (Å²) in [5.41, 5.74) is 0.739. The minimum atomic E-state index is -0.563. The maximum absolute atomic E-state index is 11.8. The summed E-state index contributed by atoms with van der Waals surface area (Å²) in [6.07, 6.45) is 3.98. The van der Waals surface area contributed by atoms with Crippen molar-refractivity contribution in [3.05, 3.63) is 46.1 Å². The van der Waals surface area contributed by atoms with Gasteiger partial charge in [-0.25, -0.2) is 4.98 Å². The number of nitrogens with zero attached hydrogens (tertiary/aromatic N) is 2. The first-order chi connectivity index (χ1) is 11.0. The van der Waals surface area contributed by atoms with Crippen molar-refractivity contribution in [2.75, 3.05) is 19.5 Å². The van der Waals surface area contributed by atoms with Gasteiger partial charge in [0.05, 0.1) is 19.1 Å². The number of thiazole rings is 1. The topological polar surface area (TPSA) is 104 Å². The Morgan fingerprint density at radius 1 is 1.35 bits per heavy atom. The first-order valence-corrected chi connectivity index (χ1v) is 7.16. The third-order valence-corrected chi connectivity index (χ3v) is 3.60. The van der Waals surface area contributed by atoms with E-state index in [4.69, 9.17) is 9.47 Å². The number of ether oxygens (including phenoxy) is 2. The Bertz CT molecular complexity index is 757. The fraction of sp³-hybridized carbons (Fsp3) is 0.143. The van der Waals surface area contributed by atoms with Gasteiger partial charge in [0.25, 0.3) is 0 Å². The highest BCUT2D eigenvalue weighted by atomic mass is 32.1. The minimum absolute atomic E-state index is 0.135. The van der Waals surface area contributed by atoms with Crippen LogP contribution in [-0.2, 0) is 4.79 Å². The van der Waals surface area contributed by atoms with E-state index in [0.717, 1.165) is 23.1 Å². The van der Waals surface area contributed by atoms with Crippen molar-refractivity contribution < 1.29 is 19.2 Å². The molecule has 1 N–H and O–H groups in total. The normalized spacial score (nSPS) is 10.5. The molecule has 1 amide bonds. The average molecular weight is 335 g/mol. The number of aromatic nitrogens is 1. The van der Waals surface area contributed by atoms with Crippen LogP contribution in [0.15, 0.2) is 30.5 Å². The van der Waals surface area contributed by atoms with E-state index in [1.54, 1.807) is 24.3 Å². The lowest BCUT2D eigenvalue weighted by atomic mass is 10.2. The van der Waals surface area contributed by atoms with Gasteiger partial charge in [-0.05, 0) is 35.1 Å². The Hall–Kier alpha value is -2.94. The molecule has 0 aliphatic heterocycles. The molecular weight excluding hydrogens is 322 g/mol. The van der Waals surface area contributed by atoms with E-state index in [0.29, 0.717) is 11.5 Å². The predicted octanol–water partition coefficient (Wildman–Crippen LogP) is 2.72. The average Bonchev–Trinajstić information content (AvgIpc) is 3.01. The second kappa shape index (κ2) is 7.36. The number of rotatable bonds is 6. The molecule has 120 valence electrons. The SMILES string of the molecule is COc1ccc(/C=C/C(=O)Nc2ncc([N+](=O)[O-])s2)cc1OC. The van der Waals surface area contributed by atoms with Crippen molar-refractivity contribution >= 4 is 33.5 Å². The summed E-state index contributed by atoms with van der Waals surface area (Å²) in [7, 11) is 3.06. The zero-order valence-electron chi connectivity index (χ0n) is 12.3. The third kappa shape index (κ3) is 4.27. The highest BCUT2D eigenvalue weighted by Crippen LogP contribution is 2.28. The third-order valence-electron chi connectivity index (χ3n) is 2.74. The molecule has 0 atom stereocenters. The summed E-state index contributed by atoms with van der Waals surface area (Å²) in [6, 6.07) is 5.21. The molecule has 0 spiro atoms. The van der Waals surface area contributed by atoms with E-state index >= 15 is 0 Å². The standard InChI is InChI=1S/C14H13N3O5S/c1-21-10-5-3-9(7-11(10)22-2)4-6-12(18)16-14-15-8-13(23-14)17(19)20/h3-8H,1-2H3,(H,15,16,18)/b6-4+. The van der Waals surface area contributed by atoms with E-state index in [-0.39, 0.29) is 10.1 Å². The van der Waals surface area contributed by atoms with Gasteiger partial charge in [-0.1, -0.05) is 6.07 Å². The van der Waals surface area contributed by atoms with E-state index in [1.165, 1.54) is 20.3 Å². The molecule has 0 saturated carbocycles. The number of carbonyl (C=O) groups excluding carboxylic acids is 1. The Balaban J connectivity index is 2.04. The largest absolute Gasteiger partial charge is 0.493 e. The van der Waals surface area contributed by atoms with Gasteiger partial charge in [-0.2, -0.15) is 0 Å². The summed E-state index contributed by atoms with van der Waals surface area (Å²) >= 11 is 0.789. The molecule has 0 radical (unpaired) electrons. The molecule has 2 aromatic rings. The van der Waals surface area contributed by atoms with Gasteiger partial charge in [0.15, 0.2) is 16.6 Å². The van der Waals surface area contributed by atoms with Crippen LogP contribution in [0.4, 0.5) is 10.1 Å². The summed E-state index contributed by atoms with van der Waals surface area (Å²) in [6.45, 7) is 0. The quantitative estimate of drug-likeness (QED) is 0.494. The van der Waals surface area contributed by atoms with Crippen LogP contribution in [0.3, 0.4) is 0 Å². The van der Waals surface area contributed by atoms with Crippen molar-refractivity contribution in [1.29, 1.82) is 0 Å². The summed E-state index contributed by atoms with van der Waals surface area (Å²) in [4.78, 5) is 25.5. The van der Waals surface area contributed by atoms with Crippen LogP contribution in [0.1, 0.15) is 5.56 Å². The van der Waals surface area contributed by atoms with Gasteiger partial charge >= 0.3 is 5.00 Å². The van der Waals surface area contributed by atoms with Crippen molar-refractivity contribution in [3.63, 3.8) is 0 Å². The fourth-order valence-electron chi connectivity index (χ4n) is 1.68. The van der Waals surface area contributed by atoms with Crippen molar-refractivity contribution in [1.82, 2.24) is 4.98 Å². The Morgan fingerprint density at radius 2 is 2.09 bits per heavy atom. The number of carbonyl (C=O) groups is 1. The lowest BCUT2D eigenvalue weighted by molar-refractivity contribution is -0.380. The molecule has 23 heavy (non-hydrogen) atoms. The van der Waals surface area contributed by atoms with Gasteiger partial charge in [0.1, 0.15) is 6.20 Å². The lowest BCUT2D eigenvalue weighted by Gasteiger charge is -2.07. The molecule has 1 aromatic heterocycles. The molecule has 0 bridgehead atoms. The Morgan fingerprint density at radius 3 is 2.70 bits per heavy atom. The fourth-order valence-corrected chi connectivity index (χ4v) is 2.32. The second-order valence-corrected chi connectivity index (χ2v) is 5.21. The van der Waals surface area contributed by atoms with Gasteiger partial charge < -0.3 is 9.47 Å².